The number of halogens is 1. The van der Waals surface area contributed by atoms with Crippen LogP contribution >= 0.6 is 11.6 Å². The van der Waals surface area contributed by atoms with Crippen LogP contribution in [0, 0.1) is 0 Å². The third kappa shape index (κ3) is 4.72. The van der Waals surface area contributed by atoms with Gasteiger partial charge in [0.2, 0.25) is 15.9 Å². The van der Waals surface area contributed by atoms with E-state index < -0.39 is 15.9 Å². The molecule has 1 amide bonds. The van der Waals surface area contributed by atoms with Gasteiger partial charge in [0.25, 0.3) is 0 Å². The van der Waals surface area contributed by atoms with Crippen LogP contribution < -0.4 is 9.62 Å². The normalized spacial score (nSPS) is 11.1. The number of benzene rings is 2. The molecule has 0 heterocycles. The molecule has 0 saturated carbocycles. The summed E-state index contributed by atoms with van der Waals surface area (Å²) in [6.07, 6.45) is 1.83. The number of rotatable bonds is 6. The van der Waals surface area contributed by atoms with Crippen molar-refractivity contribution in [2.75, 3.05) is 22.4 Å². The van der Waals surface area contributed by atoms with Crippen molar-refractivity contribution in [3.63, 3.8) is 0 Å². The molecule has 0 atom stereocenters. The zero-order chi connectivity index (χ0) is 17.7. The van der Waals surface area contributed by atoms with E-state index in [1.165, 1.54) is 0 Å². The van der Waals surface area contributed by atoms with E-state index in [1.807, 2.05) is 25.1 Å². The van der Waals surface area contributed by atoms with Crippen LogP contribution in [0.1, 0.15) is 12.5 Å². The number of aryl methyl sites for hydroxylation is 1. The molecular formula is C17H19ClN2O3S. The highest BCUT2D eigenvalue weighted by atomic mass is 35.5. The highest BCUT2D eigenvalue weighted by Crippen LogP contribution is 2.21. The van der Waals surface area contributed by atoms with Gasteiger partial charge in [0.15, 0.2) is 0 Å². The van der Waals surface area contributed by atoms with Crippen LogP contribution in [0.4, 0.5) is 11.4 Å². The standard InChI is InChI=1S/C17H19ClN2O3S/c1-3-13-6-4-5-7-16(13)19-17(21)12-20(24(2,22)23)15-10-8-14(18)9-11-15/h4-11H,3,12H2,1-2H3,(H,19,21). The van der Waals surface area contributed by atoms with Crippen molar-refractivity contribution in [3.8, 4) is 0 Å². The van der Waals surface area contributed by atoms with E-state index in [4.69, 9.17) is 11.6 Å². The van der Waals surface area contributed by atoms with Crippen molar-refractivity contribution in [2.24, 2.45) is 0 Å². The Morgan fingerprint density at radius 3 is 2.33 bits per heavy atom. The Bertz CT molecular complexity index is 820. The second kappa shape index (κ2) is 7.68. The van der Waals surface area contributed by atoms with Crippen LogP contribution in [0.25, 0.3) is 0 Å². The van der Waals surface area contributed by atoms with Gasteiger partial charge in [-0.1, -0.05) is 36.7 Å². The van der Waals surface area contributed by atoms with Crippen molar-refractivity contribution < 1.29 is 13.2 Å². The first kappa shape index (κ1) is 18.3. The number of hydrogen-bond donors (Lipinski definition) is 1. The summed E-state index contributed by atoms with van der Waals surface area (Å²) in [7, 11) is -3.60. The molecule has 128 valence electrons. The molecule has 0 radical (unpaired) electrons. The van der Waals surface area contributed by atoms with E-state index in [-0.39, 0.29) is 6.54 Å². The Labute approximate surface area is 147 Å². The summed E-state index contributed by atoms with van der Waals surface area (Å²) >= 11 is 5.83. The van der Waals surface area contributed by atoms with Crippen molar-refractivity contribution in [2.45, 2.75) is 13.3 Å². The van der Waals surface area contributed by atoms with Gasteiger partial charge in [0.05, 0.1) is 11.9 Å². The fraction of sp³-hybridized carbons (Fsp3) is 0.235. The molecule has 2 aromatic carbocycles. The monoisotopic (exact) mass is 366 g/mol. The van der Waals surface area contributed by atoms with Gasteiger partial charge in [0.1, 0.15) is 6.54 Å². The molecule has 1 N–H and O–H groups in total. The van der Waals surface area contributed by atoms with Crippen molar-refractivity contribution in [1.29, 1.82) is 0 Å². The number of carbonyl (C=O) groups excluding carboxylic acids is 1. The molecular weight excluding hydrogens is 348 g/mol. The molecule has 0 unspecified atom stereocenters. The summed E-state index contributed by atoms with van der Waals surface area (Å²) in [6.45, 7) is 1.68. The number of nitrogens with one attached hydrogen (secondary N) is 1. The van der Waals surface area contributed by atoms with Crippen molar-refractivity contribution in [3.05, 3.63) is 59.1 Å². The van der Waals surface area contributed by atoms with E-state index >= 15 is 0 Å². The molecule has 0 fully saturated rings. The van der Waals surface area contributed by atoms with Gasteiger partial charge in [-0.15, -0.1) is 0 Å². The Kier molecular flexibility index (Phi) is 5.85. The van der Waals surface area contributed by atoms with E-state index in [2.05, 4.69) is 5.32 Å². The molecule has 2 rings (SSSR count). The Morgan fingerprint density at radius 1 is 1.12 bits per heavy atom. The van der Waals surface area contributed by atoms with Gasteiger partial charge in [-0.05, 0) is 42.3 Å². The highest BCUT2D eigenvalue weighted by molar-refractivity contribution is 7.92. The first-order valence-corrected chi connectivity index (χ1v) is 9.65. The Balaban J connectivity index is 2.21. The van der Waals surface area contributed by atoms with Crippen LogP contribution in [0.2, 0.25) is 5.02 Å². The lowest BCUT2D eigenvalue weighted by Crippen LogP contribution is -2.37. The topological polar surface area (TPSA) is 66.5 Å². The smallest absolute Gasteiger partial charge is 0.245 e. The van der Waals surface area contributed by atoms with E-state index in [0.29, 0.717) is 16.4 Å². The minimum Gasteiger partial charge on any atom is -0.324 e. The lowest BCUT2D eigenvalue weighted by atomic mass is 10.1. The molecule has 0 bridgehead atoms. The predicted molar refractivity (Wildman–Crippen MR) is 98.1 cm³/mol. The molecule has 0 aliphatic carbocycles. The number of amides is 1. The number of anilines is 2. The van der Waals surface area contributed by atoms with Crippen LogP contribution in [-0.4, -0.2) is 27.1 Å². The van der Waals surface area contributed by atoms with Gasteiger partial charge in [0, 0.05) is 10.7 Å². The Morgan fingerprint density at radius 2 is 1.75 bits per heavy atom. The fourth-order valence-corrected chi connectivity index (χ4v) is 3.26. The van der Waals surface area contributed by atoms with E-state index in [9.17, 15) is 13.2 Å². The van der Waals surface area contributed by atoms with Crippen molar-refractivity contribution in [1.82, 2.24) is 0 Å². The maximum atomic E-state index is 12.3. The first-order valence-electron chi connectivity index (χ1n) is 7.42. The minimum absolute atomic E-state index is 0.307. The summed E-state index contributed by atoms with van der Waals surface area (Å²) in [5, 5.41) is 3.27. The molecule has 0 saturated heterocycles. The van der Waals surface area contributed by atoms with Crippen LogP contribution in [-0.2, 0) is 21.2 Å². The molecule has 0 aliphatic rings. The van der Waals surface area contributed by atoms with Crippen molar-refractivity contribution >= 4 is 38.9 Å². The number of hydrogen-bond acceptors (Lipinski definition) is 3. The van der Waals surface area contributed by atoms with E-state index in [1.54, 1.807) is 30.3 Å². The lowest BCUT2D eigenvalue weighted by Gasteiger charge is -2.22. The molecule has 2 aromatic rings. The fourth-order valence-electron chi connectivity index (χ4n) is 2.28. The Hall–Kier alpha value is -2.05. The number of para-hydroxylation sites is 1. The van der Waals surface area contributed by atoms with Gasteiger partial charge in [-0.25, -0.2) is 8.42 Å². The second-order valence-corrected chi connectivity index (χ2v) is 7.65. The predicted octanol–water partition coefficient (Wildman–Crippen LogP) is 3.31. The number of sulfonamides is 1. The zero-order valence-electron chi connectivity index (χ0n) is 13.5. The van der Waals surface area contributed by atoms with Crippen LogP contribution in [0.15, 0.2) is 48.5 Å². The molecule has 24 heavy (non-hydrogen) atoms. The summed E-state index contributed by atoms with van der Waals surface area (Å²) < 4.78 is 25.1. The SMILES string of the molecule is CCc1ccccc1NC(=O)CN(c1ccc(Cl)cc1)S(C)(=O)=O. The maximum absolute atomic E-state index is 12.3. The summed E-state index contributed by atoms with van der Waals surface area (Å²) in [4.78, 5) is 12.3. The maximum Gasteiger partial charge on any atom is 0.245 e. The third-order valence-corrected chi connectivity index (χ3v) is 4.87. The quantitative estimate of drug-likeness (QED) is 0.852. The first-order chi connectivity index (χ1) is 11.3. The molecule has 5 nitrogen and oxygen atoms in total. The molecule has 0 aliphatic heterocycles. The van der Waals surface area contributed by atoms with Gasteiger partial charge < -0.3 is 5.32 Å². The third-order valence-electron chi connectivity index (χ3n) is 3.47. The van der Waals surface area contributed by atoms with Gasteiger partial charge >= 0.3 is 0 Å². The minimum atomic E-state index is -3.60. The van der Waals surface area contributed by atoms with Crippen LogP contribution in [0.5, 0.6) is 0 Å². The average Bonchev–Trinajstić information content (AvgIpc) is 2.53. The van der Waals surface area contributed by atoms with Gasteiger partial charge in [-0.3, -0.25) is 9.10 Å². The lowest BCUT2D eigenvalue weighted by molar-refractivity contribution is -0.114. The largest absolute Gasteiger partial charge is 0.324 e. The van der Waals surface area contributed by atoms with Crippen LogP contribution in [0.3, 0.4) is 0 Å². The molecule has 0 aromatic heterocycles. The molecule has 0 spiro atoms. The zero-order valence-corrected chi connectivity index (χ0v) is 15.1. The number of nitrogens with zero attached hydrogens (tertiary/aromatic N) is 1. The average molecular weight is 367 g/mol. The van der Waals surface area contributed by atoms with E-state index in [0.717, 1.165) is 22.5 Å². The second-order valence-electron chi connectivity index (χ2n) is 5.30. The number of carbonyl (C=O) groups is 1. The summed E-state index contributed by atoms with van der Waals surface area (Å²) in [6, 6.07) is 13.7. The summed E-state index contributed by atoms with van der Waals surface area (Å²) in [5.41, 5.74) is 2.07. The molecule has 7 heteroatoms. The van der Waals surface area contributed by atoms with Gasteiger partial charge in [-0.2, -0.15) is 0 Å². The highest BCUT2D eigenvalue weighted by Gasteiger charge is 2.21. The summed E-state index contributed by atoms with van der Waals surface area (Å²) in [5.74, 6) is -0.406.